The second-order valence-electron chi connectivity index (χ2n) is 4.76. The third kappa shape index (κ3) is 2.33. The van der Waals surface area contributed by atoms with Crippen LogP contribution in [0, 0.1) is 0 Å². The lowest BCUT2D eigenvalue weighted by Crippen LogP contribution is -2.40. The number of aromatic nitrogens is 1. The van der Waals surface area contributed by atoms with Crippen molar-refractivity contribution in [2.45, 2.75) is 12.5 Å². The molecule has 3 amide bonds. The van der Waals surface area contributed by atoms with Gasteiger partial charge in [0.2, 0.25) is 5.91 Å². The Labute approximate surface area is 123 Å². The minimum Gasteiger partial charge on any atom is -0.375 e. The Hall–Kier alpha value is -2.48. The number of nitrogens with zero attached hydrogens (tertiary/aromatic N) is 2. The molecule has 21 heavy (non-hydrogen) atoms. The van der Waals surface area contributed by atoms with Crippen LogP contribution in [0.15, 0.2) is 18.2 Å². The summed E-state index contributed by atoms with van der Waals surface area (Å²) in [5, 5.41) is 3.01. The number of hydrogen-bond donors (Lipinski definition) is 2. The zero-order valence-electron chi connectivity index (χ0n) is 11.1. The lowest BCUT2D eigenvalue weighted by molar-refractivity contribution is -0.137. The average Bonchev–Trinajstić information content (AvgIpc) is 2.93. The molecule has 1 fully saturated rings. The van der Waals surface area contributed by atoms with Crippen molar-refractivity contribution in [3.63, 3.8) is 0 Å². The molecule has 8 heteroatoms. The van der Waals surface area contributed by atoms with E-state index in [0.717, 1.165) is 15.1 Å². The largest absolute Gasteiger partial charge is 0.375 e. The first-order chi connectivity index (χ1) is 9.95. The minimum atomic E-state index is -0.794. The SMILES string of the molecule is CN1C(=O)CC(NC(=O)c2ccc3nc(N)sc3c2)C1=O. The molecule has 0 saturated carbocycles. The summed E-state index contributed by atoms with van der Waals surface area (Å²) in [6.45, 7) is 0. The summed E-state index contributed by atoms with van der Waals surface area (Å²) in [6, 6.07) is 4.19. The van der Waals surface area contributed by atoms with Crippen LogP contribution in [0.25, 0.3) is 10.2 Å². The number of carbonyl (C=O) groups is 3. The number of thiazole rings is 1. The highest BCUT2D eigenvalue weighted by molar-refractivity contribution is 7.22. The van der Waals surface area contributed by atoms with Gasteiger partial charge in [-0.2, -0.15) is 0 Å². The maximum atomic E-state index is 12.2. The number of amides is 3. The molecule has 2 heterocycles. The molecular formula is C13H12N4O3S. The van der Waals surface area contributed by atoms with Crippen LogP contribution in [0.4, 0.5) is 5.13 Å². The quantitative estimate of drug-likeness (QED) is 0.780. The van der Waals surface area contributed by atoms with E-state index in [0.29, 0.717) is 10.7 Å². The Kier molecular flexibility index (Phi) is 3.09. The molecule has 1 aromatic heterocycles. The molecule has 3 N–H and O–H groups in total. The Balaban J connectivity index is 1.81. The van der Waals surface area contributed by atoms with Crippen LogP contribution in [0.3, 0.4) is 0 Å². The van der Waals surface area contributed by atoms with Crippen molar-refractivity contribution < 1.29 is 14.4 Å². The molecule has 1 aliphatic heterocycles. The smallest absolute Gasteiger partial charge is 0.252 e. The number of fused-ring (bicyclic) bond motifs is 1. The summed E-state index contributed by atoms with van der Waals surface area (Å²) in [6.07, 6.45) is -0.00315. The third-order valence-electron chi connectivity index (χ3n) is 3.35. The molecular weight excluding hydrogens is 292 g/mol. The van der Waals surface area contributed by atoms with Gasteiger partial charge >= 0.3 is 0 Å². The number of nitrogen functional groups attached to an aromatic ring is 1. The van der Waals surface area contributed by atoms with Crippen LogP contribution < -0.4 is 11.1 Å². The van der Waals surface area contributed by atoms with Crippen LogP contribution >= 0.6 is 11.3 Å². The van der Waals surface area contributed by atoms with Crippen LogP contribution in [0.1, 0.15) is 16.8 Å². The molecule has 1 aromatic carbocycles. The van der Waals surface area contributed by atoms with Crippen molar-refractivity contribution >= 4 is 44.4 Å². The second-order valence-corrected chi connectivity index (χ2v) is 5.82. The standard InChI is InChI=1S/C13H12N4O3S/c1-17-10(18)5-8(12(17)20)15-11(19)6-2-3-7-9(4-6)21-13(14)16-7/h2-4,8H,5H2,1H3,(H2,14,16)(H,15,19). The normalized spacial score (nSPS) is 18.5. The average molecular weight is 304 g/mol. The molecule has 1 unspecified atom stereocenters. The summed E-state index contributed by atoms with van der Waals surface area (Å²) in [5.41, 5.74) is 6.74. The van der Waals surface area contributed by atoms with Gasteiger partial charge < -0.3 is 11.1 Å². The first kappa shape index (κ1) is 13.5. The van der Waals surface area contributed by atoms with E-state index in [1.165, 1.54) is 18.4 Å². The van der Waals surface area contributed by atoms with Gasteiger partial charge in [-0.15, -0.1) is 0 Å². The molecule has 3 rings (SSSR count). The third-order valence-corrected chi connectivity index (χ3v) is 4.20. The maximum Gasteiger partial charge on any atom is 0.252 e. The number of anilines is 1. The molecule has 1 aliphatic rings. The lowest BCUT2D eigenvalue weighted by atomic mass is 10.1. The monoisotopic (exact) mass is 304 g/mol. The van der Waals surface area contributed by atoms with Crippen molar-refractivity contribution in [1.29, 1.82) is 0 Å². The van der Waals surface area contributed by atoms with E-state index in [1.807, 2.05) is 0 Å². The van der Waals surface area contributed by atoms with Crippen molar-refractivity contribution in [2.24, 2.45) is 0 Å². The van der Waals surface area contributed by atoms with Gasteiger partial charge in [0.25, 0.3) is 11.8 Å². The Morgan fingerprint density at radius 3 is 2.90 bits per heavy atom. The van der Waals surface area contributed by atoms with E-state index in [1.54, 1.807) is 18.2 Å². The van der Waals surface area contributed by atoms with Crippen LogP contribution in [0.2, 0.25) is 0 Å². The summed E-state index contributed by atoms with van der Waals surface area (Å²) < 4.78 is 0.797. The topological polar surface area (TPSA) is 105 Å². The number of likely N-dealkylation sites (N-methyl/N-ethyl adjacent to an activating group) is 1. The fourth-order valence-corrected chi connectivity index (χ4v) is 2.97. The number of nitrogens with two attached hydrogens (primary N) is 1. The van der Waals surface area contributed by atoms with Crippen LogP contribution in [0.5, 0.6) is 0 Å². The number of carbonyl (C=O) groups excluding carboxylic acids is 3. The van der Waals surface area contributed by atoms with E-state index < -0.39 is 17.9 Å². The Bertz CT molecular complexity index is 770. The Morgan fingerprint density at radius 2 is 2.24 bits per heavy atom. The molecule has 0 radical (unpaired) electrons. The second kappa shape index (κ2) is 4.81. The highest BCUT2D eigenvalue weighted by Crippen LogP contribution is 2.24. The fraction of sp³-hybridized carbons (Fsp3) is 0.231. The molecule has 1 atom stereocenters. The van der Waals surface area contributed by atoms with E-state index in [4.69, 9.17) is 5.73 Å². The molecule has 0 spiro atoms. The van der Waals surface area contributed by atoms with Gasteiger partial charge in [0, 0.05) is 12.6 Å². The zero-order chi connectivity index (χ0) is 15.1. The summed E-state index contributed by atoms with van der Waals surface area (Å²) in [7, 11) is 1.41. The van der Waals surface area contributed by atoms with E-state index in [9.17, 15) is 14.4 Å². The van der Waals surface area contributed by atoms with E-state index in [2.05, 4.69) is 10.3 Å². The number of likely N-dealkylation sites (tertiary alicyclic amines) is 1. The van der Waals surface area contributed by atoms with Crippen molar-refractivity contribution in [1.82, 2.24) is 15.2 Å². The molecule has 2 aromatic rings. The van der Waals surface area contributed by atoms with Gasteiger partial charge in [0.05, 0.1) is 16.6 Å². The highest BCUT2D eigenvalue weighted by atomic mass is 32.1. The number of nitrogens with one attached hydrogen (secondary N) is 1. The summed E-state index contributed by atoms with van der Waals surface area (Å²) in [4.78, 5) is 40.5. The van der Waals surface area contributed by atoms with Crippen molar-refractivity contribution in [3.8, 4) is 0 Å². The molecule has 1 saturated heterocycles. The van der Waals surface area contributed by atoms with Gasteiger partial charge in [-0.25, -0.2) is 4.98 Å². The first-order valence-electron chi connectivity index (χ1n) is 6.23. The maximum absolute atomic E-state index is 12.2. The van der Waals surface area contributed by atoms with Gasteiger partial charge in [-0.1, -0.05) is 11.3 Å². The van der Waals surface area contributed by atoms with E-state index in [-0.39, 0.29) is 12.3 Å². The Morgan fingerprint density at radius 1 is 1.48 bits per heavy atom. The highest BCUT2D eigenvalue weighted by Gasteiger charge is 2.37. The van der Waals surface area contributed by atoms with E-state index >= 15 is 0 Å². The number of hydrogen-bond acceptors (Lipinski definition) is 6. The summed E-state index contributed by atoms with van der Waals surface area (Å²) >= 11 is 1.29. The van der Waals surface area contributed by atoms with Crippen LogP contribution in [-0.2, 0) is 9.59 Å². The molecule has 7 nitrogen and oxygen atoms in total. The molecule has 0 aliphatic carbocycles. The minimum absolute atomic E-state index is 0.00315. The number of rotatable bonds is 2. The van der Waals surface area contributed by atoms with Gasteiger partial charge in [0.1, 0.15) is 6.04 Å². The van der Waals surface area contributed by atoms with Crippen LogP contribution in [-0.4, -0.2) is 40.7 Å². The fourth-order valence-electron chi connectivity index (χ4n) is 2.19. The first-order valence-corrected chi connectivity index (χ1v) is 7.04. The number of imide groups is 1. The lowest BCUT2D eigenvalue weighted by Gasteiger charge is -2.11. The predicted molar refractivity (Wildman–Crippen MR) is 77.7 cm³/mol. The predicted octanol–water partition coefficient (Wildman–Crippen LogP) is 0.366. The number of benzene rings is 1. The van der Waals surface area contributed by atoms with Gasteiger partial charge in [0.15, 0.2) is 5.13 Å². The van der Waals surface area contributed by atoms with Gasteiger partial charge in [-0.3, -0.25) is 19.3 Å². The van der Waals surface area contributed by atoms with Gasteiger partial charge in [-0.05, 0) is 18.2 Å². The molecule has 108 valence electrons. The summed E-state index contributed by atoms with van der Waals surface area (Å²) in [5.74, 6) is -1.09. The zero-order valence-corrected chi connectivity index (χ0v) is 11.9. The van der Waals surface area contributed by atoms with Crippen molar-refractivity contribution in [2.75, 3.05) is 12.8 Å². The van der Waals surface area contributed by atoms with Crippen molar-refractivity contribution in [3.05, 3.63) is 23.8 Å². The molecule has 0 bridgehead atoms.